The summed E-state index contributed by atoms with van der Waals surface area (Å²) in [6.45, 7) is 1.27. The van der Waals surface area contributed by atoms with Crippen LogP contribution in [0.3, 0.4) is 0 Å². The Balaban J connectivity index is 1.28. The van der Waals surface area contributed by atoms with Crippen molar-refractivity contribution in [2.75, 3.05) is 18.4 Å². The van der Waals surface area contributed by atoms with Gasteiger partial charge in [0.2, 0.25) is 11.8 Å². The predicted molar refractivity (Wildman–Crippen MR) is 92.5 cm³/mol. The number of hydrogen-bond acceptors (Lipinski definition) is 6. The van der Waals surface area contributed by atoms with Crippen LogP contribution < -0.4 is 10.1 Å². The van der Waals surface area contributed by atoms with Crippen molar-refractivity contribution in [1.29, 1.82) is 0 Å². The standard InChI is InChI=1S/C18H21N5O2/c24-17(23-11-14(12-23)22-18-19-8-3-9-20-18)13-6-7-16(21-10-13)25-15-4-1-2-5-15/h3,6-10,14-15H,1-2,4-5,11-12H2,(H,19,20,22). The number of likely N-dealkylation sites (tertiary alicyclic amines) is 1. The van der Waals surface area contributed by atoms with Crippen LogP contribution in [0.15, 0.2) is 36.8 Å². The molecule has 25 heavy (non-hydrogen) atoms. The zero-order valence-corrected chi connectivity index (χ0v) is 14.0. The van der Waals surface area contributed by atoms with Crippen LogP contribution in [0.4, 0.5) is 5.95 Å². The lowest BCUT2D eigenvalue weighted by Crippen LogP contribution is -2.57. The molecule has 1 aliphatic carbocycles. The molecule has 0 atom stereocenters. The summed E-state index contributed by atoms with van der Waals surface area (Å²) < 4.78 is 5.83. The number of anilines is 1. The van der Waals surface area contributed by atoms with Crippen LogP contribution >= 0.6 is 0 Å². The molecule has 0 aromatic carbocycles. The van der Waals surface area contributed by atoms with Crippen molar-refractivity contribution in [3.8, 4) is 5.88 Å². The highest BCUT2D eigenvalue weighted by Gasteiger charge is 2.31. The summed E-state index contributed by atoms with van der Waals surface area (Å²) in [4.78, 5) is 26.8. The number of hydrogen-bond donors (Lipinski definition) is 1. The summed E-state index contributed by atoms with van der Waals surface area (Å²) in [5.41, 5.74) is 0.591. The highest BCUT2D eigenvalue weighted by atomic mass is 16.5. The van der Waals surface area contributed by atoms with Gasteiger partial charge in [0.15, 0.2) is 0 Å². The quantitative estimate of drug-likeness (QED) is 0.899. The van der Waals surface area contributed by atoms with E-state index in [0.717, 1.165) is 12.8 Å². The van der Waals surface area contributed by atoms with Crippen LogP contribution in [0.1, 0.15) is 36.0 Å². The zero-order chi connectivity index (χ0) is 17.1. The van der Waals surface area contributed by atoms with E-state index in [1.54, 1.807) is 41.7 Å². The van der Waals surface area contributed by atoms with E-state index in [1.807, 2.05) is 0 Å². The summed E-state index contributed by atoms with van der Waals surface area (Å²) in [5, 5.41) is 3.21. The molecular formula is C18H21N5O2. The minimum absolute atomic E-state index is 0.00746. The fourth-order valence-corrected chi connectivity index (χ4v) is 3.23. The average Bonchev–Trinajstić information content (AvgIpc) is 3.12. The van der Waals surface area contributed by atoms with Crippen LogP contribution in [0.5, 0.6) is 5.88 Å². The van der Waals surface area contributed by atoms with Crippen molar-refractivity contribution in [3.63, 3.8) is 0 Å². The molecule has 0 spiro atoms. The molecule has 1 amide bonds. The smallest absolute Gasteiger partial charge is 0.255 e. The lowest BCUT2D eigenvalue weighted by Gasteiger charge is -2.39. The van der Waals surface area contributed by atoms with E-state index in [4.69, 9.17) is 4.74 Å². The fraction of sp³-hybridized carbons (Fsp3) is 0.444. The second kappa shape index (κ2) is 7.04. The molecule has 0 radical (unpaired) electrons. The second-order valence-electron chi connectivity index (χ2n) is 6.53. The van der Waals surface area contributed by atoms with E-state index in [9.17, 15) is 4.79 Å². The average molecular weight is 339 g/mol. The molecule has 2 fully saturated rings. The van der Waals surface area contributed by atoms with E-state index in [0.29, 0.717) is 30.5 Å². The summed E-state index contributed by atoms with van der Waals surface area (Å²) in [7, 11) is 0. The molecule has 7 nitrogen and oxygen atoms in total. The first-order valence-electron chi connectivity index (χ1n) is 8.73. The first-order valence-corrected chi connectivity index (χ1v) is 8.73. The largest absolute Gasteiger partial charge is 0.474 e. The van der Waals surface area contributed by atoms with Gasteiger partial charge in [-0.1, -0.05) is 0 Å². The third-order valence-electron chi connectivity index (χ3n) is 4.64. The first-order chi connectivity index (χ1) is 12.3. The number of rotatable bonds is 5. The first kappa shape index (κ1) is 15.8. The van der Waals surface area contributed by atoms with Gasteiger partial charge in [0, 0.05) is 37.7 Å². The van der Waals surface area contributed by atoms with E-state index in [1.165, 1.54) is 12.8 Å². The molecule has 1 N–H and O–H groups in total. The maximum atomic E-state index is 12.5. The van der Waals surface area contributed by atoms with Gasteiger partial charge in [-0.05, 0) is 37.8 Å². The molecule has 2 aromatic rings. The van der Waals surface area contributed by atoms with Crippen LogP contribution in [0, 0.1) is 0 Å². The number of nitrogens with one attached hydrogen (secondary N) is 1. The van der Waals surface area contributed by atoms with Crippen LogP contribution in [0.25, 0.3) is 0 Å². The number of nitrogens with zero attached hydrogens (tertiary/aromatic N) is 4. The maximum Gasteiger partial charge on any atom is 0.255 e. The van der Waals surface area contributed by atoms with E-state index < -0.39 is 0 Å². The fourth-order valence-electron chi connectivity index (χ4n) is 3.23. The van der Waals surface area contributed by atoms with Gasteiger partial charge in [0.1, 0.15) is 6.10 Å². The van der Waals surface area contributed by atoms with Gasteiger partial charge in [0.05, 0.1) is 11.6 Å². The molecule has 1 saturated heterocycles. The van der Waals surface area contributed by atoms with Gasteiger partial charge in [-0.3, -0.25) is 4.79 Å². The van der Waals surface area contributed by atoms with Crippen molar-refractivity contribution in [1.82, 2.24) is 19.9 Å². The van der Waals surface area contributed by atoms with Gasteiger partial charge >= 0.3 is 0 Å². The Hall–Kier alpha value is -2.70. The highest BCUT2D eigenvalue weighted by molar-refractivity contribution is 5.94. The van der Waals surface area contributed by atoms with E-state index in [-0.39, 0.29) is 18.1 Å². The number of carbonyl (C=O) groups is 1. The zero-order valence-electron chi connectivity index (χ0n) is 14.0. The molecule has 1 aliphatic heterocycles. The van der Waals surface area contributed by atoms with Gasteiger partial charge < -0.3 is 15.0 Å². The summed E-state index contributed by atoms with van der Waals surface area (Å²) in [6.07, 6.45) is 9.89. The second-order valence-corrected chi connectivity index (χ2v) is 6.53. The lowest BCUT2D eigenvalue weighted by molar-refractivity contribution is 0.0624. The number of aromatic nitrogens is 3. The van der Waals surface area contributed by atoms with Crippen molar-refractivity contribution in [3.05, 3.63) is 42.4 Å². The number of carbonyl (C=O) groups excluding carboxylic acids is 1. The molecule has 2 aromatic heterocycles. The normalized spacial score (nSPS) is 18.0. The van der Waals surface area contributed by atoms with Crippen LogP contribution in [-0.4, -0.2) is 51.0 Å². The van der Waals surface area contributed by atoms with Crippen LogP contribution in [0.2, 0.25) is 0 Å². The molecule has 4 rings (SSSR count). The third kappa shape index (κ3) is 3.70. The predicted octanol–water partition coefficient (Wildman–Crippen LogP) is 2.13. The summed E-state index contributed by atoms with van der Waals surface area (Å²) in [6, 6.07) is 5.54. The van der Waals surface area contributed by atoms with Gasteiger partial charge in [0.25, 0.3) is 5.91 Å². The molecule has 1 saturated carbocycles. The molecular weight excluding hydrogens is 318 g/mol. The van der Waals surface area contributed by atoms with E-state index in [2.05, 4.69) is 20.3 Å². The Kier molecular flexibility index (Phi) is 4.45. The Bertz CT molecular complexity index is 710. The molecule has 130 valence electrons. The summed E-state index contributed by atoms with van der Waals surface area (Å²) in [5.74, 6) is 1.19. The van der Waals surface area contributed by atoms with Gasteiger partial charge in [-0.25, -0.2) is 15.0 Å². The maximum absolute atomic E-state index is 12.5. The Morgan fingerprint density at radius 3 is 2.56 bits per heavy atom. The van der Waals surface area contributed by atoms with Gasteiger partial charge in [-0.15, -0.1) is 0 Å². The van der Waals surface area contributed by atoms with E-state index >= 15 is 0 Å². The van der Waals surface area contributed by atoms with Crippen LogP contribution in [-0.2, 0) is 0 Å². The molecule has 0 unspecified atom stereocenters. The molecule has 0 bridgehead atoms. The Morgan fingerprint density at radius 2 is 1.88 bits per heavy atom. The lowest BCUT2D eigenvalue weighted by atomic mass is 10.1. The van der Waals surface area contributed by atoms with Crippen molar-refractivity contribution in [2.24, 2.45) is 0 Å². The number of pyridine rings is 1. The summed E-state index contributed by atoms with van der Waals surface area (Å²) >= 11 is 0. The molecule has 2 aliphatic rings. The van der Waals surface area contributed by atoms with Crippen molar-refractivity contribution < 1.29 is 9.53 Å². The van der Waals surface area contributed by atoms with Crippen molar-refractivity contribution >= 4 is 11.9 Å². The van der Waals surface area contributed by atoms with Gasteiger partial charge in [-0.2, -0.15) is 0 Å². The number of ether oxygens (including phenoxy) is 1. The molecule has 3 heterocycles. The van der Waals surface area contributed by atoms with Crippen molar-refractivity contribution in [2.45, 2.75) is 37.8 Å². The highest BCUT2D eigenvalue weighted by Crippen LogP contribution is 2.23. The minimum Gasteiger partial charge on any atom is -0.474 e. The monoisotopic (exact) mass is 339 g/mol. The Morgan fingerprint density at radius 1 is 1.12 bits per heavy atom. The molecule has 7 heteroatoms. The SMILES string of the molecule is O=C(c1ccc(OC2CCCC2)nc1)N1CC(Nc2ncccn2)C1. The topological polar surface area (TPSA) is 80.2 Å². The minimum atomic E-state index is -0.00746. The third-order valence-corrected chi connectivity index (χ3v) is 4.64. The number of amides is 1. The Labute approximate surface area is 146 Å².